The Morgan fingerprint density at radius 2 is 0.896 bits per heavy atom. The third-order valence-electron chi connectivity index (χ3n) is 8.84. The Kier molecular flexibility index (Phi) is 10.5. The standard InChI is InChI=1S/C34H34Br2N4O2.C2H2O4/c35-23-9-11-33-29(17-23)30-18-24(36)10-12-34(30)40(33)22-26(42)20-38-15-13-37(14-16-38)19-25(41)21-39-31-7-3-1-5-27(31)28-6-2-4-8-32(28)39;3-1(4)2(5)6/h1-12,17-18,25-26,41-42H,13-16,19-22H2;(H,3,4)(H,5,6). The second-order valence-corrected chi connectivity index (χ2v) is 13.9. The minimum atomic E-state index is -1.82. The van der Waals surface area contributed by atoms with E-state index in [-0.39, 0.29) is 0 Å². The Hall–Kier alpha value is -3.78. The maximum absolute atomic E-state index is 11.2. The molecule has 1 aliphatic heterocycles. The number of fused-ring (bicyclic) bond motifs is 6. The Bertz CT molecular complexity index is 1980. The Labute approximate surface area is 293 Å². The van der Waals surface area contributed by atoms with Crippen molar-refractivity contribution in [2.75, 3.05) is 39.3 Å². The van der Waals surface area contributed by atoms with E-state index in [1.54, 1.807) is 0 Å². The first-order valence-corrected chi connectivity index (χ1v) is 17.3. The molecule has 10 nitrogen and oxygen atoms in total. The summed E-state index contributed by atoms with van der Waals surface area (Å²) in [5.41, 5.74) is 4.60. The quantitative estimate of drug-likeness (QED) is 0.147. The smallest absolute Gasteiger partial charge is 0.414 e. The fourth-order valence-corrected chi connectivity index (χ4v) is 7.45. The molecular weight excluding hydrogens is 744 g/mol. The molecule has 1 saturated heterocycles. The number of aromatic nitrogens is 2. The first-order chi connectivity index (χ1) is 23.1. The zero-order valence-electron chi connectivity index (χ0n) is 26.0. The molecule has 3 heterocycles. The fraction of sp³-hybridized carbons (Fsp3) is 0.278. The van der Waals surface area contributed by atoms with Crippen LogP contribution in [-0.4, -0.2) is 103 Å². The summed E-state index contributed by atoms with van der Waals surface area (Å²) in [7, 11) is 0. The molecule has 0 amide bonds. The van der Waals surface area contributed by atoms with E-state index in [0.717, 1.165) is 46.2 Å². The van der Waals surface area contributed by atoms with Crippen molar-refractivity contribution in [3.05, 3.63) is 93.9 Å². The van der Waals surface area contributed by atoms with Crippen LogP contribution in [0.2, 0.25) is 0 Å². The average molecular weight is 781 g/mol. The predicted octanol–water partition coefficient (Wildman–Crippen LogP) is 5.62. The van der Waals surface area contributed by atoms with Crippen LogP contribution < -0.4 is 0 Å². The van der Waals surface area contributed by atoms with Crippen LogP contribution in [-0.2, 0) is 22.7 Å². The lowest BCUT2D eigenvalue weighted by atomic mass is 10.2. The number of hydrogen-bond acceptors (Lipinski definition) is 6. The number of carboxylic acid groups (broad SMARTS) is 2. The van der Waals surface area contributed by atoms with E-state index in [1.807, 2.05) is 0 Å². The number of benzene rings is 4. The molecule has 4 aromatic carbocycles. The summed E-state index contributed by atoms with van der Waals surface area (Å²) in [6.07, 6.45) is -0.944. The van der Waals surface area contributed by atoms with Gasteiger partial charge in [0.2, 0.25) is 0 Å². The van der Waals surface area contributed by atoms with Crippen molar-refractivity contribution in [3.8, 4) is 0 Å². The number of halogens is 2. The second kappa shape index (κ2) is 14.8. The summed E-state index contributed by atoms with van der Waals surface area (Å²) in [5.74, 6) is -3.65. The van der Waals surface area contributed by atoms with Crippen LogP contribution in [0.25, 0.3) is 43.6 Å². The van der Waals surface area contributed by atoms with Gasteiger partial charge in [0.05, 0.1) is 25.3 Å². The van der Waals surface area contributed by atoms with E-state index in [1.165, 1.54) is 32.6 Å². The van der Waals surface area contributed by atoms with Gasteiger partial charge in [0.15, 0.2) is 0 Å². The molecule has 250 valence electrons. The number of aliphatic hydroxyl groups is 2. The van der Waals surface area contributed by atoms with E-state index in [0.29, 0.717) is 26.2 Å². The molecule has 1 fully saturated rings. The van der Waals surface area contributed by atoms with Crippen LogP contribution in [0.1, 0.15) is 0 Å². The van der Waals surface area contributed by atoms with Gasteiger partial charge in [-0.25, -0.2) is 9.59 Å². The number of nitrogens with zero attached hydrogens (tertiary/aromatic N) is 4. The minimum absolute atomic E-state index is 0.461. The van der Waals surface area contributed by atoms with E-state index in [9.17, 15) is 10.2 Å². The summed E-state index contributed by atoms with van der Waals surface area (Å²) in [6, 6.07) is 29.6. The highest BCUT2D eigenvalue weighted by Crippen LogP contribution is 2.33. The predicted molar refractivity (Wildman–Crippen MR) is 194 cm³/mol. The Morgan fingerprint density at radius 3 is 1.27 bits per heavy atom. The molecular formula is C36H36Br2N4O6. The highest BCUT2D eigenvalue weighted by Gasteiger charge is 2.23. The number of para-hydroxylation sites is 2. The van der Waals surface area contributed by atoms with E-state index < -0.39 is 24.1 Å². The molecule has 0 spiro atoms. The topological polar surface area (TPSA) is 131 Å². The van der Waals surface area contributed by atoms with Gasteiger partial charge in [-0.2, -0.15) is 0 Å². The second-order valence-electron chi connectivity index (χ2n) is 12.1. The number of piperazine rings is 1. The third-order valence-corrected chi connectivity index (χ3v) is 9.83. The summed E-state index contributed by atoms with van der Waals surface area (Å²) in [6.45, 7) is 5.91. The number of aliphatic hydroxyl groups excluding tert-OH is 2. The maximum Gasteiger partial charge on any atom is 0.414 e. The average Bonchev–Trinajstić information content (AvgIpc) is 3.53. The first-order valence-electron chi connectivity index (χ1n) is 15.7. The Balaban J connectivity index is 0.000000615. The van der Waals surface area contributed by atoms with Crippen molar-refractivity contribution >= 4 is 87.4 Å². The molecule has 0 saturated carbocycles. The van der Waals surface area contributed by atoms with E-state index >= 15 is 0 Å². The molecule has 2 atom stereocenters. The van der Waals surface area contributed by atoms with E-state index in [4.69, 9.17) is 19.8 Å². The minimum Gasteiger partial charge on any atom is -0.473 e. The van der Waals surface area contributed by atoms with Gasteiger partial charge >= 0.3 is 11.9 Å². The molecule has 1 aliphatic rings. The number of carbonyl (C=O) groups is 2. The van der Waals surface area contributed by atoms with Gasteiger partial charge in [-0.1, -0.05) is 68.3 Å². The zero-order valence-corrected chi connectivity index (χ0v) is 29.2. The number of β-amino-alcohol motifs (C(OH)–C–C–N with tert-alkyl or cyclic N) is 2. The van der Waals surface area contributed by atoms with Crippen molar-refractivity contribution in [2.45, 2.75) is 25.3 Å². The van der Waals surface area contributed by atoms with Crippen LogP contribution in [0.3, 0.4) is 0 Å². The highest BCUT2D eigenvalue weighted by atomic mass is 79.9. The van der Waals surface area contributed by atoms with E-state index in [2.05, 4.69) is 136 Å². The van der Waals surface area contributed by atoms with Crippen molar-refractivity contribution < 1.29 is 30.0 Å². The van der Waals surface area contributed by atoms with Crippen LogP contribution in [0.5, 0.6) is 0 Å². The lowest BCUT2D eigenvalue weighted by Crippen LogP contribution is -2.50. The molecule has 12 heteroatoms. The van der Waals surface area contributed by atoms with Crippen LogP contribution in [0, 0.1) is 0 Å². The maximum atomic E-state index is 11.2. The largest absolute Gasteiger partial charge is 0.473 e. The highest BCUT2D eigenvalue weighted by molar-refractivity contribution is 9.10. The molecule has 48 heavy (non-hydrogen) atoms. The monoisotopic (exact) mass is 778 g/mol. The number of aliphatic carboxylic acids is 2. The van der Waals surface area contributed by atoms with Crippen LogP contribution in [0.15, 0.2) is 93.9 Å². The molecule has 4 N–H and O–H groups in total. The normalized spacial score (nSPS) is 15.5. The van der Waals surface area contributed by atoms with Gasteiger partial charge in [0, 0.05) is 91.8 Å². The van der Waals surface area contributed by atoms with Crippen LogP contribution >= 0.6 is 31.9 Å². The summed E-state index contributed by atoms with van der Waals surface area (Å²) in [5, 5.41) is 41.9. The van der Waals surface area contributed by atoms with Gasteiger partial charge in [0.1, 0.15) is 0 Å². The molecule has 2 aromatic heterocycles. The molecule has 2 unspecified atom stereocenters. The Morgan fingerprint density at radius 1 is 0.542 bits per heavy atom. The fourth-order valence-electron chi connectivity index (χ4n) is 6.73. The van der Waals surface area contributed by atoms with Crippen molar-refractivity contribution in [2.24, 2.45) is 0 Å². The number of carboxylic acids is 2. The first kappa shape index (κ1) is 34.1. The molecule has 7 rings (SSSR count). The zero-order chi connectivity index (χ0) is 33.9. The van der Waals surface area contributed by atoms with Gasteiger partial charge in [-0.05, 0) is 48.5 Å². The molecule has 0 aliphatic carbocycles. The van der Waals surface area contributed by atoms with Crippen molar-refractivity contribution in [1.82, 2.24) is 18.9 Å². The summed E-state index contributed by atoms with van der Waals surface area (Å²) >= 11 is 7.24. The van der Waals surface area contributed by atoms with Gasteiger partial charge in [-0.3, -0.25) is 9.80 Å². The number of rotatable bonds is 8. The van der Waals surface area contributed by atoms with Gasteiger partial charge in [0.25, 0.3) is 0 Å². The lowest BCUT2D eigenvalue weighted by molar-refractivity contribution is -0.159. The lowest BCUT2D eigenvalue weighted by Gasteiger charge is -2.36. The SMILES string of the molecule is O=C(O)C(=O)O.OC(CN1CCN(CC(O)Cn2c3ccc(Br)cc3c3cc(Br)ccc32)CC1)Cn1c2ccccc2c2ccccc21. The van der Waals surface area contributed by atoms with Gasteiger partial charge < -0.3 is 29.6 Å². The van der Waals surface area contributed by atoms with Crippen molar-refractivity contribution in [3.63, 3.8) is 0 Å². The third kappa shape index (κ3) is 7.44. The van der Waals surface area contributed by atoms with Crippen LogP contribution in [0.4, 0.5) is 0 Å². The molecule has 0 radical (unpaired) electrons. The molecule has 6 aromatic rings. The van der Waals surface area contributed by atoms with Gasteiger partial charge in [-0.15, -0.1) is 0 Å². The summed E-state index contributed by atoms with van der Waals surface area (Å²) in [4.78, 5) is 22.9. The molecule has 0 bridgehead atoms. The summed E-state index contributed by atoms with van der Waals surface area (Å²) < 4.78 is 6.60. The van der Waals surface area contributed by atoms with Crippen molar-refractivity contribution in [1.29, 1.82) is 0 Å². The number of hydrogen-bond donors (Lipinski definition) is 4.